The number of carbonyl (C=O) groups is 2. The number of anilines is 1. The molecule has 0 radical (unpaired) electrons. The lowest BCUT2D eigenvalue weighted by Gasteiger charge is -2.14. The number of hydrogen-bond acceptors (Lipinski definition) is 2. The van der Waals surface area contributed by atoms with E-state index < -0.39 is 6.04 Å². The summed E-state index contributed by atoms with van der Waals surface area (Å²) in [7, 11) is 0. The largest absolute Gasteiger partial charge is 0.345 e. The van der Waals surface area contributed by atoms with Crippen molar-refractivity contribution in [2.75, 3.05) is 5.32 Å². The molecule has 0 aliphatic rings. The van der Waals surface area contributed by atoms with E-state index in [1.807, 2.05) is 24.3 Å². The summed E-state index contributed by atoms with van der Waals surface area (Å²) in [6.45, 7) is 7.24. The van der Waals surface area contributed by atoms with Gasteiger partial charge in [0.25, 0.3) is 0 Å². The van der Waals surface area contributed by atoms with Crippen LogP contribution in [0.25, 0.3) is 0 Å². The van der Waals surface area contributed by atoms with E-state index in [2.05, 4.69) is 24.5 Å². The molecule has 1 aromatic carbocycles. The van der Waals surface area contributed by atoms with Crippen molar-refractivity contribution >= 4 is 17.5 Å². The van der Waals surface area contributed by atoms with Crippen LogP contribution in [0.4, 0.5) is 5.69 Å². The van der Waals surface area contributed by atoms with Crippen LogP contribution in [0.1, 0.15) is 39.2 Å². The molecule has 2 N–H and O–H groups in total. The quantitative estimate of drug-likeness (QED) is 0.858. The minimum atomic E-state index is -0.537. The van der Waals surface area contributed by atoms with Crippen LogP contribution in [-0.2, 0) is 9.59 Å². The molecule has 0 unspecified atom stereocenters. The van der Waals surface area contributed by atoms with Gasteiger partial charge in [-0.1, -0.05) is 26.0 Å². The van der Waals surface area contributed by atoms with Gasteiger partial charge in [0.05, 0.1) is 0 Å². The van der Waals surface area contributed by atoms with Crippen LogP contribution in [0.15, 0.2) is 24.3 Å². The van der Waals surface area contributed by atoms with Gasteiger partial charge < -0.3 is 10.6 Å². The first-order valence-electron chi connectivity index (χ1n) is 6.08. The summed E-state index contributed by atoms with van der Waals surface area (Å²) >= 11 is 0. The van der Waals surface area contributed by atoms with Crippen molar-refractivity contribution in [3.05, 3.63) is 29.8 Å². The Balaban J connectivity index is 2.69. The van der Waals surface area contributed by atoms with Gasteiger partial charge in [-0.2, -0.15) is 0 Å². The van der Waals surface area contributed by atoms with Crippen molar-refractivity contribution in [1.29, 1.82) is 0 Å². The lowest BCUT2D eigenvalue weighted by atomic mass is 10.0. The molecule has 0 aromatic heterocycles. The zero-order valence-corrected chi connectivity index (χ0v) is 11.3. The van der Waals surface area contributed by atoms with E-state index in [-0.39, 0.29) is 11.8 Å². The van der Waals surface area contributed by atoms with Gasteiger partial charge in [-0.3, -0.25) is 9.59 Å². The van der Waals surface area contributed by atoms with Gasteiger partial charge in [0, 0.05) is 12.6 Å². The first kappa shape index (κ1) is 14.2. The molecule has 0 fully saturated rings. The third-order valence-corrected chi connectivity index (χ3v) is 2.63. The predicted octanol–water partition coefficient (Wildman–Crippen LogP) is 2.27. The second-order valence-electron chi connectivity index (χ2n) is 4.69. The van der Waals surface area contributed by atoms with Crippen LogP contribution in [0.5, 0.6) is 0 Å². The molecule has 98 valence electrons. The van der Waals surface area contributed by atoms with Crippen molar-refractivity contribution in [2.24, 2.45) is 0 Å². The van der Waals surface area contributed by atoms with Gasteiger partial charge in [-0.15, -0.1) is 0 Å². The van der Waals surface area contributed by atoms with E-state index in [1.165, 1.54) is 12.5 Å². The highest BCUT2D eigenvalue weighted by Gasteiger charge is 2.13. The molecular weight excluding hydrogens is 228 g/mol. The fourth-order valence-electron chi connectivity index (χ4n) is 1.60. The fourth-order valence-corrected chi connectivity index (χ4v) is 1.60. The van der Waals surface area contributed by atoms with E-state index in [0.717, 1.165) is 5.69 Å². The van der Waals surface area contributed by atoms with Crippen molar-refractivity contribution < 1.29 is 9.59 Å². The number of hydrogen-bond donors (Lipinski definition) is 2. The third-order valence-electron chi connectivity index (χ3n) is 2.63. The van der Waals surface area contributed by atoms with Crippen LogP contribution in [0, 0.1) is 0 Å². The van der Waals surface area contributed by atoms with E-state index in [4.69, 9.17) is 0 Å². The minimum absolute atomic E-state index is 0.214. The van der Waals surface area contributed by atoms with Crippen LogP contribution < -0.4 is 10.6 Å². The highest BCUT2D eigenvalue weighted by atomic mass is 16.2. The van der Waals surface area contributed by atoms with Gasteiger partial charge in [-0.05, 0) is 30.5 Å². The lowest BCUT2D eigenvalue weighted by Crippen LogP contribution is -2.40. The van der Waals surface area contributed by atoms with E-state index in [0.29, 0.717) is 5.92 Å². The van der Waals surface area contributed by atoms with Crippen LogP contribution in [0.3, 0.4) is 0 Å². The maximum absolute atomic E-state index is 11.8. The third kappa shape index (κ3) is 4.20. The SMILES string of the molecule is CC(=O)N[C@@H](C)C(=O)Nc1cccc(C(C)C)c1. The van der Waals surface area contributed by atoms with Crippen molar-refractivity contribution in [2.45, 2.75) is 39.7 Å². The summed E-state index contributed by atoms with van der Waals surface area (Å²) in [5, 5.41) is 5.34. The molecule has 0 bridgehead atoms. The van der Waals surface area contributed by atoms with Gasteiger partial charge in [0.15, 0.2) is 0 Å². The topological polar surface area (TPSA) is 58.2 Å². The Morgan fingerprint density at radius 3 is 2.39 bits per heavy atom. The molecular formula is C14H20N2O2. The van der Waals surface area contributed by atoms with E-state index in [9.17, 15) is 9.59 Å². The Morgan fingerprint density at radius 2 is 1.83 bits per heavy atom. The molecule has 0 heterocycles. The number of rotatable bonds is 4. The second-order valence-corrected chi connectivity index (χ2v) is 4.69. The zero-order valence-electron chi connectivity index (χ0n) is 11.3. The molecule has 0 spiro atoms. The summed E-state index contributed by atoms with van der Waals surface area (Å²) in [6.07, 6.45) is 0. The molecule has 0 saturated heterocycles. The number of carbonyl (C=O) groups excluding carboxylic acids is 2. The van der Waals surface area contributed by atoms with Gasteiger partial charge in [0.2, 0.25) is 11.8 Å². The summed E-state index contributed by atoms with van der Waals surface area (Å²) < 4.78 is 0. The summed E-state index contributed by atoms with van der Waals surface area (Å²) in [6, 6.07) is 7.18. The summed E-state index contributed by atoms with van der Waals surface area (Å²) in [5.41, 5.74) is 1.92. The number of amides is 2. The van der Waals surface area contributed by atoms with Crippen LogP contribution >= 0.6 is 0 Å². The zero-order chi connectivity index (χ0) is 13.7. The summed E-state index contributed by atoms with van der Waals surface area (Å²) in [4.78, 5) is 22.7. The Hall–Kier alpha value is -1.84. The van der Waals surface area contributed by atoms with Gasteiger partial charge >= 0.3 is 0 Å². The van der Waals surface area contributed by atoms with Gasteiger partial charge in [-0.25, -0.2) is 0 Å². The number of benzene rings is 1. The maximum atomic E-state index is 11.8. The predicted molar refractivity (Wildman–Crippen MR) is 72.4 cm³/mol. The van der Waals surface area contributed by atoms with Crippen molar-refractivity contribution in [3.8, 4) is 0 Å². The lowest BCUT2D eigenvalue weighted by molar-refractivity contribution is -0.124. The molecule has 1 rings (SSSR count). The summed E-state index contributed by atoms with van der Waals surface area (Å²) in [5.74, 6) is -0.0192. The Morgan fingerprint density at radius 1 is 1.17 bits per heavy atom. The fraction of sp³-hybridized carbons (Fsp3) is 0.429. The smallest absolute Gasteiger partial charge is 0.246 e. The highest BCUT2D eigenvalue weighted by Crippen LogP contribution is 2.18. The molecule has 0 aliphatic carbocycles. The highest BCUT2D eigenvalue weighted by molar-refractivity contribution is 5.96. The molecule has 1 aromatic rings. The Labute approximate surface area is 108 Å². The Bertz CT molecular complexity index is 441. The first-order chi connectivity index (χ1) is 8.40. The molecule has 2 amide bonds. The maximum Gasteiger partial charge on any atom is 0.246 e. The molecule has 4 nitrogen and oxygen atoms in total. The van der Waals surface area contributed by atoms with Gasteiger partial charge in [0.1, 0.15) is 6.04 Å². The normalized spacial score (nSPS) is 12.1. The first-order valence-corrected chi connectivity index (χ1v) is 6.08. The minimum Gasteiger partial charge on any atom is -0.345 e. The van der Waals surface area contributed by atoms with E-state index in [1.54, 1.807) is 6.92 Å². The molecule has 0 aliphatic heterocycles. The van der Waals surface area contributed by atoms with Crippen LogP contribution in [0.2, 0.25) is 0 Å². The average Bonchev–Trinajstić information content (AvgIpc) is 2.28. The number of nitrogens with one attached hydrogen (secondary N) is 2. The van der Waals surface area contributed by atoms with Crippen molar-refractivity contribution in [3.63, 3.8) is 0 Å². The molecule has 0 saturated carbocycles. The van der Waals surface area contributed by atoms with Crippen LogP contribution in [-0.4, -0.2) is 17.9 Å². The average molecular weight is 248 g/mol. The molecule has 1 atom stereocenters. The monoisotopic (exact) mass is 248 g/mol. The standard InChI is InChI=1S/C14H20N2O2/c1-9(2)12-6-5-7-13(8-12)16-14(18)10(3)15-11(4)17/h5-10H,1-4H3,(H,15,17)(H,16,18)/t10-/m0/s1. The van der Waals surface area contributed by atoms with Crippen molar-refractivity contribution in [1.82, 2.24) is 5.32 Å². The Kier molecular flexibility index (Phi) is 4.89. The molecule has 4 heteroatoms. The van der Waals surface area contributed by atoms with E-state index >= 15 is 0 Å². The molecule has 18 heavy (non-hydrogen) atoms. The second kappa shape index (κ2) is 6.19.